The fourth-order valence-corrected chi connectivity index (χ4v) is 5.39. The number of methoxy groups -OCH3 is 2. The Morgan fingerprint density at radius 2 is 2.03 bits per heavy atom. The molecule has 5 rings (SSSR count). The molecule has 1 fully saturated rings. The van der Waals surface area contributed by atoms with Crippen LogP contribution in [-0.4, -0.2) is 43.2 Å². The number of piperidine rings is 1. The van der Waals surface area contributed by atoms with Crippen molar-refractivity contribution in [1.29, 1.82) is 0 Å². The summed E-state index contributed by atoms with van der Waals surface area (Å²) in [5.74, 6) is 1.80. The summed E-state index contributed by atoms with van der Waals surface area (Å²) >= 11 is 0. The summed E-state index contributed by atoms with van der Waals surface area (Å²) in [6.45, 7) is 2.36. The van der Waals surface area contributed by atoms with Crippen LogP contribution in [-0.2, 0) is 22.5 Å². The second kappa shape index (κ2) is 10.5. The van der Waals surface area contributed by atoms with Crippen molar-refractivity contribution in [3.63, 3.8) is 0 Å². The molecule has 0 saturated carbocycles. The fraction of sp³-hybridized carbons (Fsp3) is 0.379. The SMILES string of the molecule is COC(=O)[C@H]1CN(Cc2cc3ccccc3o2)CC[C@@H]1CCCc1cccc2ncc(OC)cc12. The number of hydrogen-bond acceptors (Lipinski definition) is 6. The normalized spacial score (nSPS) is 18.7. The molecule has 0 amide bonds. The third-order valence-corrected chi connectivity index (χ3v) is 7.25. The summed E-state index contributed by atoms with van der Waals surface area (Å²) in [4.78, 5) is 19.5. The predicted octanol–water partition coefficient (Wildman–Crippen LogP) is 5.62. The zero-order valence-electron chi connectivity index (χ0n) is 20.4. The van der Waals surface area contributed by atoms with Gasteiger partial charge in [-0.15, -0.1) is 0 Å². The highest BCUT2D eigenvalue weighted by Crippen LogP contribution is 2.32. The van der Waals surface area contributed by atoms with Gasteiger partial charge in [-0.1, -0.05) is 30.3 Å². The Morgan fingerprint density at radius 1 is 1.14 bits per heavy atom. The van der Waals surface area contributed by atoms with Gasteiger partial charge in [-0.3, -0.25) is 14.7 Å². The Labute approximate surface area is 205 Å². The van der Waals surface area contributed by atoms with Crippen LogP contribution in [0.3, 0.4) is 0 Å². The van der Waals surface area contributed by atoms with Crippen LogP contribution in [0.5, 0.6) is 5.75 Å². The largest absolute Gasteiger partial charge is 0.495 e. The van der Waals surface area contributed by atoms with E-state index in [9.17, 15) is 4.79 Å². The Balaban J connectivity index is 1.23. The van der Waals surface area contributed by atoms with Crippen molar-refractivity contribution in [1.82, 2.24) is 9.88 Å². The highest BCUT2D eigenvalue weighted by molar-refractivity contribution is 5.83. The first-order chi connectivity index (χ1) is 17.1. The summed E-state index contributed by atoms with van der Waals surface area (Å²) in [5, 5.41) is 2.25. The monoisotopic (exact) mass is 472 g/mol. The fourth-order valence-electron chi connectivity index (χ4n) is 5.39. The van der Waals surface area contributed by atoms with E-state index in [0.717, 1.165) is 65.6 Å². The lowest BCUT2D eigenvalue weighted by Gasteiger charge is -2.36. The molecule has 182 valence electrons. The summed E-state index contributed by atoms with van der Waals surface area (Å²) < 4.78 is 16.6. The molecule has 1 aliphatic rings. The molecule has 0 aliphatic carbocycles. The number of hydrogen-bond donors (Lipinski definition) is 0. The summed E-state index contributed by atoms with van der Waals surface area (Å²) in [7, 11) is 3.16. The van der Waals surface area contributed by atoms with E-state index < -0.39 is 0 Å². The summed E-state index contributed by atoms with van der Waals surface area (Å²) in [6.07, 6.45) is 5.68. The van der Waals surface area contributed by atoms with Crippen molar-refractivity contribution in [2.75, 3.05) is 27.3 Å². The lowest BCUT2D eigenvalue weighted by molar-refractivity contribution is -0.150. The third-order valence-electron chi connectivity index (χ3n) is 7.25. The minimum absolute atomic E-state index is 0.108. The molecule has 2 aromatic heterocycles. The molecule has 0 spiro atoms. The van der Waals surface area contributed by atoms with Crippen LogP contribution < -0.4 is 4.74 Å². The van der Waals surface area contributed by atoms with Crippen LogP contribution in [0, 0.1) is 11.8 Å². The van der Waals surface area contributed by atoms with Crippen molar-refractivity contribution in [3.8, 4) is 5.75 Å². The molecule has 2 atom stereocenters. The van der Waals surface area contributed by atoms with Crippen molar-refractivity contribution >= 4 is 27.8 Å². The van der Waals surface area contributed by atoms with Crippen LogP contribution in [0.15, 0.2) is 65.2 Å². The third kappa shape index (κ3) is 5.17. The first kappa shape index (κ1) is 23.4. The van der Waals surface area contributed by atoms with E-state index in [4.69, 9.17) is 13.9 Å². The minimum atomic E-state index is -0.118. The molecule has 1 saturated heterocycles. The standard InChI is InChI=1S/C29H32N2O4/c1-33-23-16-25-20(10-6-11-27(25)30-17-23)8-5-9-21-13-14-31(19-26(21)29(32)34-2)18-24-15-22-7-3-4-12-28(22)35-24/h3-4,6-7,10-12,15-17,21,26H,5,8-9,13-14,18-19H2,1-2H3/t21-,26-/m0/s1. The van der Waals surface area contributed by atoms with Gasteiger partial charge in [0.05, 0.1) is 38.4 Å². The lowest BCUT2D eigenvalue weighted by Crippen LogP contribution is -2.43. The Bertz CT molecular complexity index is 1280. The van der Waals surface area contributed by atoms with Gasteiger partial charge in [0.2, 0.25) is 0 Å². The van der Waals surface area contributed by atoms with Gasteiger partial charge in [0.15, 0.2) is 0 Å². The number of likely N-dealkylation sites (tertiary alicyclic amines) is 1. The Morgan fingerprint density at radius 3 is 2.86 bits per heavy atom. The van der Waals surface area contributed by atoms with Gasteiger partial charge in [0.1, 0.15) is 17.1 Å². The van der Waals surface area contributed by atoms with E-state index in [1.165, 1.54) is 12.7 Å². The van der Waals surface area contributed by atoms with E-state index in [-0.39, 0.29) is 11.9 Å². The number of pyridine rings is 1. The number of para-hydroxylation sites is 1. The second-order valence-electron chi connectivity index (χ2n) is 9.42. The molecule has 0 unspecified atom stereocenters. The molecule has 0 N–H and O–H groups in total. The molecule has 3 heterocycles. The number of ether oxygens (including phenoxy) is 2. The molecule has 6 nitrogen and oxygen atoms in total. The number of furan rings is 1. The molecular formula is C29H32N2O4. The maximum Gasteiger partial charge on any atom is 0.310 e. The molecule has 35 heavy (non-hydrogen) atoms. The number of aryl methyl sites for hydroxylation is 1. The van der Waals surface area contributed by atoms with Crippen molar-refractivity contribution in [2.45, 2.75) is 32.2 Å². The topological polar surface area (TPSA) is 64.8 Å². The maximum absolute atomic E-state index is 12.7. The molecule has 0 radical (unpaired) electrons. The molecule has 2 aromatic carbocycles. The highest BCUT2D eigenvalue weighted by Gasteiger charge is 2.35. The molecule has 4 aromatic rings. The number of rotatable bonds is 8. The van der Waals surface area contributed by atoms with Gasteiger partial charge >= 0.3 is 5.97 Å². The number of carbonyl (C=O) groups excluding carboxylic acids is 1. The average molecular weight is 473 g/mol. The Kier molecular flexibility index (Phi) is 7.00. The first-order valence-electron chi connectivity index (χ1n) is 12.3. The minimum Gasteiger partial charge on any atom is -0.495 e. The lowest BCUT2D eigenvalue weighted by atomic mass is 9.81. The van der Waals surface area contributed by atoms with Gasteiger partial charge in [0, 0.05) is 17.3 Å². The predicted molar refractivity (Wildman–Crippen MR) is 136 cm³/mol. The smallest absolute Gasteiger partial charge is 0.310 e. The van der Waals surface area contributed by atoms with Crippen LogP contribution in [0.2, 0.25) is 0 Å². The number of fused-ring (bicyclic) bond motifs is 2. The van der Waals surface area contributed by atoms with Crippen LogP contribution in [0.4, 0.5) is 0 Å². The average Bonchev–Trinajstić information content (AvgIpc) is 3.31. The molecule has 1 aliphatic heterocycles. The number of aromatic nitrogens is 1. The second-order valence-corrected chi connectivity index (χ2v) is 9.42. The molecule has 0 bridgehead atoms. The molecule has 6 heteroatoms. The zero-order valence-corrected chi connectivity index (χ0v) is 20.4. The van der Waals surface area contributed by atoms with Gasteiger partial charge in [0.25, 0.3) is 0 Å². The van der Waals surface area contributed by atoms with E-state index >= 15 is 0 Å². The van der Waals surface area contributed by atoms with Crippen molar-refractivity contribution in [3.05, 3.63) is 72.1 Å². The van der Waals surface area contributed by atoms with E-state index in [0.29, 0.717) is 19.0 Å². The van der Waals surface area contributed by atoms with Crippen LogP contribution in [0.25, 0.3) is 21.9 Å². The number of benzene rings is 2. The summed E-state index contributed by atoms with van der Waals surface area (Å²) in [6, 6.07) is 18.5. The summed E-state index contributed by atoms with van der Waals surface area (Å²) in [5.41, 5.74) is 3.16. The maximum atomic E-state index is 12.7. The number of esters is 1. The van der Waals surface area contributed by atoms with Crippen LogP contribution in [0.1, 0.15) is 30.6 Å². The van der Waals surface area contributed by atoms with Crippen molar-refractivity contribution < 1.29 is 18.7 Å². The van der Waals surface area contributed by atoms with Crippen molar-refractivity contribution in [2.24, 2.45) is 11.8 Å². The van der Waals surface area contributed by atoms with E-state index in [1.807, 2.05) is 24.3 Å². The van der Waals surface area contributed by atoms with Gasteiger partial charge in [-0.05, 0) is 68.0 Å². The number of carbonyl (C=O) groups is 1. The van der Waals surface area contributed by atoms with Gasteiger partial charge < -0.3 is 13.9 Å². The van der Waals surface area contributed by atoms with Gasteiger partial charge in [-0.2, -0.15) is 0 Å². The van der Waals surface area contributed by atoms with Crippen LogP contribution >= 0.6 is 0 Å². The molecular weight excluding hydrogens is 440 g/mol. The van der Waals surface area contributed by atoms with E-state index in [1.54, 1.807) is 13.3 Å². The zero-order chi connectivity index (χ0) is 24.2. The van der Waals surface area contributed by atoms with E-state index in [2.05, 4.69) is 40.2 Å². The quantitative estimate of drug-likeness (QED) is 0.310. The van der Waals surface area contributed by atoms with Gasteiger partial charge in [-0.25, -0.2) is 0 Å². The Hall–Kier alpha value is -3.38. The highest BCUT2D eigenvalue weighted by atomic mass is 16.5. The first-order valence-corrected chi connectivity index (χ1v) is 12.3. The number of nitrogens with zero attached hydrogens (tertiary/aromatic N) is 2.